The van der Waals surface area contributed by atoms with Gasteiger partial charge in [-0.15, -0.1) is 11.3 Å². The molecule has 2 aromatic heterocycles. The number of hydrogen-bond donors (Lipinski definition) is 1. The van der Waals surface area contributed by atoms with Crippen molar-refractivity contribution in [2.45, 2.75) is 33.2 Å². The molecule has 5 nitrogen and oxygen atoms in total. The number of amides is 1. The Balaban J connectivity index is 1.39. The lowest BCUT2D eigenvalue weighted by Gasteiger charge is -2.32. The average Bonchev–Trinajstić information content (AvgIpc) is 3.07. The number of piperidine rings is 1. The Morgan fingerprint density at radius 2 is 2.07 bits per heavy atom. The predicted octanol–water partition coefficient (Wildman–Crippen LogP) is 4.63. The highest BCUT2D eigenvalue weighted by Crippen LogP contribution is 2.33. The Hall–Kier alpha value is -2.25. The highest BCUT2D eigenvalue weighted by Gasteiger charge is 2.27. The number of benzene rings is 1. The summed E-state index contributed by atoms with van der Waals surface area (Å²) >= 11 is 7.73. The lowest BCUT2D eigenvalue weighted by molar-refractivity contribution is -0.125. The maximum absolute atomic E-state index is 13.2. The van der Waals surface area contributed by atoms with Crippen molar-refractivity contribution in [2.24, 2.45) is 5.92 Å². The zero-order valence-corrected chi connectivity index (χ0v) is 17.9. The maximum Gasteiger partial charge on any atom is 0.223 e. The van der Waals surface area contributed by atoms with Crippen molar-refractivity contribution in [1.82, 2.24) is 15.3 Å². The van der Waals surface area contributed by atoms with Gasteiger partial charge in [0.05, 0.1) is 10.9 Å². The number of nitrogens with one attached hydrogen (secondary N) is 1. The molecule has 3 aromatic rings. The number of thiophene rings is 1. The topological polar surface area (TPSA) is 58.1 Å². The van der Waals surface area contributed by atoms with Crippen molar-refractivity contribution < 1.29 is 9.18 Å². The first-order valence-corrected chi connectivity index (χ1v) is 10.9. The molecule has 1 N–H and O–H groups in total. The second kappa shape index (κ2) is 8.24. The van der Waals surface area contributed by atoms with E-state index in [9.17, 15) is 9.18 Å². The van der Waals surface area contributed by atoms with E-state index >= 15 is 0 Å². The molecule has 1 aliphatic heterocycles. The fourth-order valence-electron chi connectivity index (χ4n) is 3.78. The zero-order valence-electron chi connectivity index (χ0n) is 16.3. The van der Waals surface area contributed by atoms with Gasteiger partial charge >= 0.3 is 0 Å². The van der Waals surface area contributed by atoms with E-state index in [0.717, 1.165) is 48.5 Å². The van der Waals surface area contributed by atoms with E-state index in [-0.39, 0.29) is 17.6 Å². The number of nitrogens with zero attached hydrogens (tertiary/aromatic N) is 3. The number of hydrogen-bond acceptors (Lipinski definition) is 5. The van der Waals surface area contributed by atoms with Crippen LogP contribution in [0.15, 0.2) is 23.6 Å². The first-order chi connectivity index (χ1) is 13.9. The molecule has 0 unspecified atom stereocenters. The van der Waals surface area contributed by atoms with Crippen molar-refractivity contribution in [3.63, 3.8) is 0 Å². The molecule has 0 spiro atoms. The Morgan fingerprint density at radius 1 is 1.31 bits per heavy atom. The monoisotopic (exact) mass is 432 g/mol. The van der Waals surface area contributed by atoms with E-state index in [1.165, 1.54) is 17.0 Å². The molecule has 1 aromatic carbocycles. The highest BCUT2D eigenvalue weighted by molar-refractivity contribution is 7.11. The largest absolute Gasteiger partial charge is 0.356 e. The molecule has 0 saturated carbocycles. The van der Waals surface area contributed by atoms with Gasteiger partial charge in [0.25, 0.3) is 0 Å². The second-order valence-corrected chi connectivity index (χ2v) is 8.85. The van der Waals surface area contributed by atoms with E-state index < -0.39 is 0 Å². The molecule has 0 radical (unpaired) electrons. The van der Waals surface area contributed by atoms with Crippen LogP contribution in [0.3, 0.4) is 0 Å². The van der Waals surface area contributed by atoms with Gasteiger partial charge in [0.2, 0.25) is 5.91 Å². The van der Waals surface area contributed by atoms with Crippen molar-refractivity contribution in [1.29, 1.82) is 0 Å². The van der Waals surface area contributed by atoms with Gasteiger partial charge in [-0.3, -0.25) is 4.79 Å². The van der Waals surface area contributed by atoms with Crippen LogP contribution in [0.2, 0.25) is 5.02 Å². The van der Waals surface area contributed by atoms with Crippen molar-refractivity contribution in [3.05, 3.63) is 50.7 Å². The Bertz CT molecular complexity index is 1060. The number of aromatic nitrogens is 2. The van der Waals surface area contributed by atoms with Gasteiger partial charge in [0, 0.05) is 40.8 Å². The summed E-state index contributed by atoms with van der Waals surface area (Å²) in [6.45, 7) is 5.86. The minimum absolute atomic E-state index is 0.0146. The summed E-state index contributed by atoms with van der Waals surface area (Å²) < 4.78 is 13.2. The number of aryl methyl sites for hydroxylation is 2. The van der Waals surface area contributed by atoms with Crippen LogP contribution in [0.1, 0.15) is 29.1 Å². The average molecular weight is 433 g/mol. The summed E-state index contributed by atoms with van der Waals surface area (Å²) in [4.78, 5) is 25.3. The highest BCUT2D eigenvalue weighted by atomic mass is 35.5. The normalized spacial score (nSPS) is 15.1. The van der Waals surface area contributed by atoms with Gasteiger partial charge in [-0.2, -0.15) is 0 Å². The smallest absolute Gasteiger partial charge is 0.223 e. The number of fused-ring (bicyclic) bond motifs is 1. The molecule has 1 amide bonds. The van der Waals surface area contributed by atoms with Crippen molar-refractivity contribution in [2.75, 3.05) is 18.0 Å². The molecule has 1 saturated heterocycles. The molecule has 8 heteroatoms. The third-order valence-corrected chi connectivity index (χ3v) is 6.61. The standard InChI is InChI=1S/C21H22ClFN4OS/c1-12-19-18(11-29-12)25-13(2)26-20(19)27-7-5-14(6-8-27)21(28)24-10-15-3-4-16(23)9-17(15)22/h3-4,9,11,14H,5-8,10H2,1-2H3,(H,24,28). The summed E-state index contributed by atoms with van der Waals surface area (Å²) in [5.74, 6) is 1.32. The first kappa shape index (κ1) is 20.0. The molecule has 0 aliphatic carbocycles. The van der Waals surface area contributed by atoms with Crippen LogP contribution in [0.25, 0.3) is 10.9 Å². The molecule has 0 bridgehead atoms. The number of carbonyl (C=O) groups is 1. The SMILES string of the molecule is Cc1nc(N2CCC(C(=O)NCc3ccc(F)cc3Cl)CC2)c2c(C)scc2n1. The fraction of sp³-hybridized carbons (Fsp3) is 0.381. The Labute approximate surface area is 177 Å². The Kier molecular flexibility index (Phi) is 5.69. The molecule has 0 atom stereocenters. The fourth-order valence-corrected chi connectivity index (χ4v) is 4.79. The van der Waals surface area contributed by atoms with Crippen molar-refractivity contribution >= 4 is 45.6 Å². The van der Waals surface area contributed by atoms with Crippen molar-refractivity contribution in [3.8, 4) is 0 Å². The number of anilines is 1. The van der Waals surface area contributed by atoms with Crippen LogP contribution in [0.5, 0.6) is 0 Å². The number of carbonyl (C=O) groups excluding carboxylic acids is 1. The third-order valence-electron chi connectivity index (χ3n) is 5.36. The first-order valence-electron chi connectivity index (χ1n) is 9.61. The van der Waals surface area contributed by atoms with Crippen LogP contribution in [0, 0.1) is 25.6 Å². The molecule has 1 aliphatic rings. The third kappa shape index (κ3) is 4.21. The summed E-state index contributed by atoms with van der Waals surface area (Å²) in [7, 11) is 0. The predicted molar refractivity (Wildman–Crippen MR) is 115 cm³/mol. The molecule has 29 heavy (non-hydrogen) atoms. The van der Waals surface area contributed by atoms with E-state index in [2.05, 4.69) is 27.5 Å². The van der Waals surface area contributed by atoms with E-state index in [1.54, 1.807) is 17.4 Å². The van der Waals surface area contributed by atoms with Crippen LogP contribution in [0.4, 0.5) is 10.2 Å². The number of halogens is 2. The summed E-state index contributed by atoms with van der Waals surface area (Å²) in [6.07, 6.45) is 1.52. The van der Waals surface area contributed by atoms with Crippen LogP contribution in [-0.2, 0) is 11.3 Å². The van der Waals surface area contributed by atoms with Gasteiger partial charge < -0.3 is 10.2 Å². The summed E-state index contributed by atoms with van der Waals surface area (Å²) in [6, 6.07) is 4.22. The van der Waals surface area contributed by atoms with Gasteiger partial charge in [-0.05, 0) is 44.4 Å². The molecule has 152 valence electrons. The minimum Gasteiger partial charge on any atom is -0.356 e. The molecule has 1 fully saturated rings. The molecule has 4 rings (SSSR count). The van der Waals surface area contributed by atoms with E-state index in [0.29, 0.717) is 17.1 Å². The Morgan fingerprint density at radius 3 is 2.79 bits per heavy atom. The lowest BCUT2D eigenvalue weighted by atomic mass is 9.95. The lowest BCUT2D eigenvalue weighted by Crippen LogP contribution is -2.40. The summed E-state index contributed by atoms with van der Waals surface area (Å²) in [5.41, 5.74) is 1.71. The number of rotatable bonds is 4. The summed E-state index contributed by atoms with van der Waals surface area (Å²) in [5, 5.41) is 6.46. The van der Waals surface area contributed by atoms with Gasteiger partial charge in [-0.25, -0.2) is 14.4 Å². The van der Waals surface area contributed by atoms with Crippen LogP contribution in [-0.4, -0.2) is 29.0 Å². The second-order valence-electron chi connectivity index (χ2n) is 7.36. The maximum atomic E-state index is 13.2. The van der Waals surface area contributed by atoms with Gasteiger partial charge in [-0.1, -0.05) is 17.7 Å². The van der Waals surface area contributed by atoms with Crippen LogP contribution >= 0.6 is 22.9 Å². The molecular formula is C21H22ClFN4OS. The minimum atomic E-state index is -0.382. The molecular weight excluding hydrogens is 411 g/mol. The van der Waals surface area contributed by atoms with Gasteiger partial charge in [0.15, 0.2) is 0 Å². The zero-order chi connectivity index (χ0) is 20.5. The van der Waals surface area contributed by atoms with Gasteiger partial charge in [0.1, 0.15) is 17.5 Å². The van der Waals surface area contributed by atoms with Crippen LogP contribution < -0.4 is 10.2 Å². The van der Waals surface area contributed by atoms with E-state index in [4.69, 9.17) is 16.6 Å². The van der Waals surface area contributed by atoms with E-state index in [1.807, 2.05) is 6.92 Å². The molecule has 3 heterocycles. The quantitative estimate of drug-likeness (QED) is 0.652.